The zero-order valence-electron chi connectivity index (χ0n) is 11.1. The number of halogens is 3. The third kappa shape index (κ3) is 2.61. The smallest absolute Gasteiger partial charge is 0.416 e. The van der Waals surface area contributed by atoms with Gasteiger partial charge in [-0.15, -0.1) is 0 Å². The van der Waals surface area contributed by atoms with Crippen LogP contribution in [0.3, 0.4) is 0 Å². The molecule has 2 N–H and O–H groups in total. The molecule has 2 aromatic carbocycles. The molecule has 0 saturated heterocycles. The number of phenolic OH excluding ortho intramolecular Hbond substituents is 1. The number of nitrogens with one attached hydrogen (secondary N) is 1. The second kappa shape index (κ2) is 5.07. The van der Waals surface area contributed by atoms with Gasteiger partial charge in [0.15, 0.2) is 0 Å². The largest absolute Gasteiger partial charge is 0.508 e. The average molecular weight is 293 g/mol. The zero-order valence-corrected chi connectivity index (χ0v) is 11.1. The molecule has 1 aliphatic rings. The molecule has 0 fully saturated rings. The summed E-state index contributed by atoms with van der Waals surface area (Å²) in [6.07, 6.45) is -3.66. The Hall–Kier alpha value is -2.01. The highest BCUT2D eigenvalue weighted by atomic mass is 19.4. The van der Waals surface area contributed by atoms with E-state index in [1.807, 2.05) is 0 Å². The zero-order chi connectivity index (χ0) is 15.0. The molecule has 0 aromatic heterocycles. The van der Waals surface area contributed by atoms with Gasteiger partial charge in [0.2, 0.25) is 0 Å². The van der Waals surface area contributed by atoms with Crippen LogP contribution < -0.4 is 5.32 Å². The topological polar surface area (TPSA) is 32.3 Å². The van der Waals surface area contributed by atoms with Gasteiger partial charge in [0, 0.05) is 6.54 Å². The molecule has 1 aliphatic heterocycles. The lowest BCUT2D eigenvalue weighted by Crippen LogP contribution is -2.32. The number of alkyl halides is 3. The second-order valence-electron chi connectivity index (χ2n) is 5.11. The van der Waals surface area contributed by atoms with E-state index in [4.69, 9.17) is 0 Å². The number of benzene rings is 2. The molecule has 1 heterocycles. The highest BCUT2D eigenvalue weighted by Crippen LogP contribution is 2.38. The third-order valence-electron chi connectivity index (χ3n) is 3.76. The van der Waals surface area contributed by atoms with Crippen LogP contribution in [0.15, 0.2) is 42.5 Å². The number of hydrogen-bond acceptors (Lipinski definition) is 2. The minimum atomic E-state index is -4.40. The Morgan fingerprint density at radius 2 is 1.81 bits per heavy atom. The van der Waals surface area contributed by atoms with Crippen molar-refractivity contribution in [2.45, 2.75) is 18.6 Å². The molecule has 21 heavy (non-hydrogen) atoms. The van der Waals surface area contributed by atoms with E-state index in [0.717, 1.165) is 18.1 Å². The molecular formula is C16H14F3NO. The summed E-state index contributed by atoms with van der Waals surface area (Å²) in [6, 6.07) is 9.89. The van der Waals surface area contributed by atoms with E-state index >= 15 is 0 Å². The monoisotopic (exact) mass is 293 g/mol. The molecule has 1 unspecified atom stereocenters. The van der Waals surface area contributed by atoms with Gasteiger partial charge in [0.05, 0.1) is 11.6 Å². The van der Waals surface area contributed by atoms with Crippen LogP contribution in [0.5, 0.6) is 5.75 Å². The van der Waals surface area contributed by atoms with E-state index in [9.17, 15) is 18.3 Å². The minimum Gasteiger partial charge on any atom is -0.508 e. The van der Waals surface area contributed by atoms with Crippen LogP contribution in [-0.4, -0.2) is 11.7 Å². The highest BCUT2D eigenvalue weighted by molar-refractivity contribution is 5.46. The Labute approximate surface area is 120 Å². The summed E-state index contributed by atoms with van der Waals surface area (Å²) in [5.74, 6) is 0.0620. The summed E-state index contributed by atoms with van der Waals surface area (Å²) in [5.41, 5.74) is 1.22. The first-order valence-corrected chi connectivity index (χ1v) is 6.68. The summed E-state index contributed by atoms with van der Waals surface area (Å²) in [6.45, 7) is 0.606. The van der Waals surface area contributed by atoms with Gasteiger partial charge in [-0.2, -0.15) is 13.2 Å². The van der Waals surface area contributed by atoms with Crippen molar-refractivity contribution in [1.82, 2.24) is 5.32 Å². The van der Waals surface area contributed by atoms with Crippen molar-refractivity contribution in [1.29, 1.82) is 0 Å². The Balaban J connectivity index is 2.14. The summed E-state index contributed by atoms with van der Waals surface area (Å²) < 4.78 is 39.5. The fraction of sp³-hybridized carbons (Fsp3) is 0.250. The van der Waals surface area contributed by atoms with Crippen molar-refractivity contribution >= 4 is 0 Å². The van der Waals surface area contributed by atoms with Crippen molar-refractivity contribution in [3.8, 4) is 5.75 Å². The molecule has 0 spiro atoms. The molecule has 0 amide bonds. The van der Waals surface area contributed by atoms with Crippen LogP contribution in [0.2, 0.25) is 0 Å². The first-order valence-electron chi connectivity index (χ1n) is 6.68. The van der Waals surface area contributed by atoms with E-state index < -0.39 is 17.8 Å². The fourth-order valence-corrected chi connectivity index (χ4v) is 2.82. The first-order chi connectivity index (χ1) is 9.97. The number of hydrogen-bond donors (Lipinski definition) is 2. The van der Waals surface area contributed by atoms with Gasteiger partial charge in [0.1, 0.15) is 5.75 Å². The van der Waals surface area contributed by atoms with Crippen LogP contribution in [0, 0.1) is 0 Å². The molecule has 2 nitrogen and oxygen atoms in total. The number of aromatic hydroxyl groups is 1. The summed E-state index contributed by atoms with van der Waals surface area (Å²) >= 11 is 0. The molecule has 0 bridgehead atoms. The van der Waals surface area contributed by atoms with E-state index in [-0.39, 0.29) is 11.3 Å². The summed E-state index contributed by atoms with van der Waals surface area (Å²) in [7, 11) is 0. The van der Waals surface area contributed by atoms with Crippen LogP contribution in [0.4, 0.5) is 13.2 Å². The van der Waals surface area contributed by atoms with Crippen molar-refractivity contribution in [3.05, 3.63) is 64.7 Å². The third-order valence-corrected chi connectivity index (χ3v) is 3.76. The van der Waals surface area contributed by atoms with Gasteiger partial charge in [-0.25, -0.2) is 0 Å². The van der Waals surface area contributed by atoms with Gasteiger partial charge in [-0.3, -0.25) is 0 Å². The lowest BCUT2D eigenvalue weighted by atomic mass is 9.87. The van der Waals surface area contributed by atoms with Gasteiger partial charge < -0.3 is 10.4 Å². The molecule has 0 radical (unpaired) electrons. The van der Waals surface area contributed by atoms with Crippen molar-refractivity contribution in [2.75, 3.05) is 6.54 Å². The molecular weight excluding hydrogens is 279 g/mol. The second-order valence-corrected chi connectivity index (χ2v) is 5.11. The minimum absolute atomic E-state index is 0.0620. The SMILES string of the molecule is Oc1ccc2c(c1)C(c1ccccc1C(F)(F)F)NCC2. The maximum atomic E-state index is 13.2. The van der Waals surface area contributed by atoms with Crippen molar-refractivity contribution in [3.63, 3.8) is 0 Å². The van der Waals surface area contributed by atoms with Crippen LogP contribution >= 0.6 is 0 Å². The predicted octanol–water partition coefficient (Wildman–Crippen LogP) is 3.65. The standard InChI is InChI=1S/C16H14F3NO/c17-16(18,19)14-4-2-1-3-12(14)15-13-9-11(21)6-5-10(13)7-8-20-15/h1-6,9,15,20-21H,7-8H2. The lowest BCUT2D eigenvalue weighted by molar-refractivity contribution is -0.138. The Morgan fingerprint density at radius 1 is 1.05 bits per heavy atom. The maximum absolute atomic E-state index is 13.2. The molecule has 0 aliphatic carbocycles. The Morgan fingerprint density at radius 3 is 2.57 bits per heavy atom. The molecule has 110 valence electrons. The van der Waals surface area contributed by atoms with Crippen LogP contribution in [0.1, 0.15) is 28.3 Å². The highest BCUT2D eigenvalue weighted by Gasteiger charge is 2.36. The van der Waals surface area contributed by atoms with Crippen molar-refractivity contribution < 1.29 is 18.3 Å². The number of rotatable bonds is 1. The van der Waals surface area contributed by atoms with E-state index in [0.29, 0.717) is 12.1 Å². The van der Waals surface area contributed by atoms with E-state index in [1.54, 1.807) is 24.3 Å². The average Bonchev–Trinajstić information content (AvgIpc) is 2.45. The van der Waals surface area contributed by atoms with E-state index in [1.165, 1.54) is 12.1 Å². The quantitative estimate of drug-likeness (QED) is 0.841. The molecule has 0 saturated carbocycles. The first kappa shape index (κ1) is 13.9. The number of fused-ring (bicyclic) bond motifs is 1. The molecule has 3 rings (SSSR count). The fourth-order valence-electron chi connectivity index (χ4n) is 2.82. The number of phenols is 1. The molecule has 5 heteroatoms. The maximum Gasteiger partial charge on any atom is 0.416 e. The normalized spacial score (nSPS) is 18.3. The van der Waals surface area contributed by atoms with Crippen LogP contribution in [0.25, 0.3) is 0 Å². The summed E-state index contributed by atoms with van der Waals surface area (Å²) in [5, 5.41) is 12.8. The van der Waals surface area contributed by atoms with Crippen molar-refractivity contribution in [2.24, 2.45) is 0 Å². The Kier molecular flexibility index (Phi) is 3.37. The predicted molar refractivity (Wildman–Crippen MR) is 73.1 cm³/mol. The van der Waals surface area contributed by atoms with Gasteiger partial charge in [0.25, 0.3) is 0 Å². The molecule has 1 atom stereocenters. The van der Waals surface area contributed by atoms with Gasteiger partial charge >= 0.3 is 6.18 Å². The lowest BCUT2D eigenvalue weighted by Gasteiger charge is -2.29. The van der Waals surface area contributed by atoms with E-state index in [2.05, 4.69) is 5.32 Å². The summed E-state index contributed by atoms with van der Waals surface area (Å²) in [4.78, 5) is 0. The Bertz CT molecular complexity index is 667. The van der Waals surface area contributed by atoms with Gasteiger partial charge in [-0.05, 0) is 41.3 Å². The van der Waals surface area contributed by atoms with Gasteiger partial charge in [-0.1, -0.05) is 24.3 Å². The molecule has 2 aromatic rings. The van der Waals surface area contributed by atoms with Crippen LogP contribution in [-0.2, 0) is 12.6 Å².